The molecular weight excluding hydrogens is 310 g/mol. The Bertz CT molecular complexity index is 667. The molecule has 2 aromatic carbocycles. The number of rotatable bonds is 7. The van der Waals surface area contributed by atoms with Crippen LogP contribution in [0.15, 0.2) is 60.7 Å². The van der Waals surface area contributed by atoms with Crippen LogP contribution in [0.4, 0.5) is 0 Å². The Morgan fingerprint density at radius 3 is 1.96 bits per heavy atom. The highest BCUT2D eigenvalue weighted by Gasteiger charge is 2.48. The molecule has 0 spiro atoms. The van der Waals surface area contributed by atoms with Gasteiger partial charge in [0.2, 0.25) is 0 Å². The number of carbonyl (C=O) groups excluding carboxylic acids is 1. The number of likely N-dealkylation sites (N-methyl/N-ethyl adjacent to an activating group) is 1. The van der Waals surface area contributed by atoms with E-state index in [0.29, 0.717) is 6.42 Å². The Balaban J connectivity index is 2.72. The molecule has 2 atom stereocenters. The molecule has 2 rings (SSSR count). The van der Waals surface area contributed by atoms with E-state index >= 15 is 0 Å². The number of esters is 1. The third-order valence-corrected chi connectivity index (χ3v) is 4.69. The number of carbonyl (C=O) groups is 1. The van der Waals surface area contributed by atoms with Crippen molar-refractivity contribution in [2.75, 3.05) is 14.1 Å². The van der Waals surface area contributed by atoms with E-state index in [2.05, 4.69) is 43.0 Å². The summed E-state index contributed by atoms with van der Waals surface area (Å²) in [5.74, 6) is -0.0849. The van der Waals surface area contributed by atoms with Crippen molar-refractivity contribution < 1.29 is 9.53 Å². The van der Waals surface area contributed by atoms with Gasteiger partial charge >= 0.3 is 5.97 Å². The maximum atomic E-state index is 12.4. The summed E-state index contributed by atoms with van der Waals surface area (Å²) in [6.45, 7) is 6.08. The van der Waals surface area contributed by atoms with E-state index in [-0.39, 0.29) is 17.9 Å². The standard InChI is InChI=1S/C22H29NO2/c1-6-20(24)25-22(17(2)3,19-15-11-8-12-16-19)21(23(4)5)18-13-9-7-10-14-18/h7-17,21H,6H2,1-5H3. The molecule has 0 aliphatic carbocycles. The van der Waals surface area contributed by atoms with Gasteiger partial charge in [0.05, 0.1) is 6.04 Å². The molecular formula is C22H29NO2. The van der Waals surface area contributed by atoms with E-state index in [4.69, 9.17) is 4.74 Å². The average molecular weight is 339 g/mol. The molecule has 0 amide bonds. The van der Waals surface area contributed by atoms with Crippen LogP contribution in [0.5, 0.6) is 0 Å². The summed E-state index contributed by atoms with van der Waals surface area (Å²) in [7, 11) is 4.08. The van der Waals surface area contributed by atoms with Gasteiger partial charge in [0.1, 0.15) is 0 Å². The molecule has 0 saturated carbocycles. The van der Waals surface area contributed by atoms with Gasteiger partial charge in [-0.1, -0.05) is 81.4 Å². The van der Waals surface area contributed by atoms with Gasteiger partial charge in [-0.3, -0.25) is 9.69 Å². The Labute approximate surface area is 151 Å². The van der Waals surface area contributed by atoms with E-state index in [1.807, 2.05) is 57.4 Å². The number of hydrogen-bond donors (Lipinski definition) is 0. The minimum absolute atomic E-state index is 0.0911. The van der Waals surface area contributed by atoms with Crippen LogP contribution in [0, 0.1) is 5.92 Å². The van der Waals surface area contributed by atoms with Gasteiger partial charge in [-0.15, -0.1) is 0 Å². The first-order valence-corrected chi connectivity index (χ1v) is 8.92. The fourth-order valence-corrected chi connectivity index (χ4v) is 3.56. The highest BCUT2D eigenvalue weighted by Crippen LogP contribution is 2.47. The fraction of sp³-hybridized carbons (Fsp3) is 0.409. The van der Waals surface area contributed by atoms with Crippen molar-refractivity contribution in [1.29, 1.82) is 0 Å². The first kappa shape index (κ1) is 19.2. The van der Waals surface area contributed by atoms with Crippen molar-refractivity contribution in [3.05, 3.63) is 71.8 Å². The zero-order chi connectivity index (χ0) is 18.4. The predicted octanol–water partition coefficient (Wildman–Crippen LogP) is 4.79. The molecule has 0 N–H and O–H groups in total. The quantitative estimate of drug-likeness (QED) is 0.679. The van der Waals surface area contributed by atoms with Crippen LogP contribution in [0.2, 0.25) is 0 Å². The van der Waals surface area contributed by atoms with Crippen molar-refractivity contribution in [3.8, 4) is 0 Å². The lowest BCUT2D eigenvalue weighted by Gasteiger charge is -2.46. The molecule has 0 aliphatic rings. The summed E-state index contributed by atoms with van der Waals surface area (Å²) in [6, 6.07) is 20.3. The molecule has 0 radical (unpaired) electrons. The molecule has 2 unspecified atom stereocenters. The van der Waals surface area contributed by atoms with Crippen molar-refractivity contribution in [2.45, 2.75) is 38.8 Å². The first-order chi connectivity index (χ1) is 11.9. The molecule has 3 heteroatoms. The second kappa shape index (κ2) is 8.30. The zero-order valence-corrected chi connectivity index (χ0v) is 15.9. The number of hydrogen-bond acceptors (Lipinski definition) is 3. The molecule has 0 heterocycles. The SMILES string of the molecule is CCC(=O)OC(c1ccccc1)(C(C)C)C(c1ccccc1)N(C)C. The van der Waals surface area contributed by atoms with Crippen molar-refractivity contribution in [2.24, 2.45) is 5.92 Å². The normalized spacial score (nSPS) is 15.0. The van der Waals surface area contributed by atoms with E-state index in [9.17, 15) is 4.79 Å². The molecule has 0 fully saturated rings. The number of benzene rings is 2. The Kier molecular flexibility index (Phi) is 6.38. The molecule has 3 nitrogen and oxygen atoms in total. The van der Waals surface area contributed by atoms with E-state index in [1.54, 1.807) is 0 Å². The topological polar surface area (TPSA) is 29.5 Å². The second-order valence-electron chi connectivity index (χ2n) is 6.92. The Morgan fingerprint density at radius 1 is 1.00 bits per heavy atom. The predicted molar refractivity (Wildman–Crippen MR) is 102 cm³/mol. The monoisotopic (exact) mass is 339 g/mol. The molecule has 0 bridgehead atoms. The van der Waals surface area contributed by atoms with Gasteiger partial charge in [-0.25, -0.2) is 0 Å². The van der Waals surface area contributed by atoms with Gasteiger partial charge < -0.3 is 4.74 Å². The van der Waals surface area contributed by atoms with Gasteiger partial charge in [-0.05, 0) is 31.1 Å². The number of ether oxygens (including phenoxy) is 1. The van der Waals surface area contributed by atoms with E-state index in [1.165, 1.54) is 0 Å². The summed E-state index contributed by atoms with van der Waals surface area (Å²) < 4.78 is 6.23. The molecule has 0 saturated heterocycles. The maximum Gasteiger partial charge on any atom is 0.306 e. The van der Waals surface area contributed by atoms with Crippen LogP contribution >= 0.6 is 0 Å². The van der Waals surface area contributed by atoms with E-state index < -0.39 is 5.60 Å². The minimum Gasteiger partial charge on any atom is -0.452 e. The number of nitrogens with zero attached hydrogens (tertiary/aromatic N) is 1. The van der Waals surface area contributed by atoms with E-state index in [0.717, 1.165) is 11.1 Å². The summed E-state index contributed by atoms with van der Waals surface area (Å²) in [6.07, 6.45) is 0.357. The van der Waals surface area contributed by atoms with Gasteiger partial charge in [0, 0.05) is 6.42 Å². The molecule has 0 aliphatic heterocycles. The van der Waals surface area contributed by atoms with Crippen molar-refractivity contribution in [3.63, 3.8) is 0 Å². The van der Waals surface area contributed by atoms with Crippen LogP contribution < -0.4 is 0 Å². The van der Waals surface area contributed by atoms with Gasteiger partial charge in [0.15, 0.2) is 5.60 Å². The van der Waals surface area contributed by atoms with Crippen LogP contribution in [-0.4, -0.2) is 25.0 Å². The second-order valence-corrected chi connectivity index (χ2v) is 6.92. The van der Waals surface area contributed by atoms with Crippen molar-refractivity contribution >= 4 is 5.97 Å². The summed E-state index contributed by atoms with van der Waals surface area (Å²) in [5.41, 5.74) is 1.39. The maximum absolute atomic E-state index is 12.4. The van der Waals surface area contributed by atoms with Crippen LogP contribution in [-0.2, 0) is 15.1 Å². The van der Waals surface area contributed by atoms with Crippen molar-refractivity contribution in [1.82, 2.24) is 4.90 Å². The zero-order valence-electron chi connectivity index (χ0n) is 15.9. The third-order valence-electron chi connectivity index (χ3n) is 4.69. The molecule has 134 valence electrons. The first-order valence-electron chi connectivity index (χ1n) is 8.92. The molecule has 2 aromatic rings. The van der Waals surface area contributed by atoms with Crippen LogP contribution in [0.3, 0.4) is 0 Å². The summed E-state index contributed by atoms with van der Waals surface area (Å²) in [5, 5.41) is 0. The van der Waals surface area contributed by atoms with Crippen LogP contribution in [0.25, 0.3) is 0 Å². The average Bonchev–Trinajstić information content (AvgIpc) is 2.62. The largest absolute Gasteiger partial charge is 0.452 e. The molecule has 25 heavy (non-hydrogen) atoms. The Hall–Kier alpha value is -2.13. The fourth-order valence-electron chi connectivity index (χ4n) is 3.56. The lowest BCUT2D eigenvalue weighted by molar-refractivity contribution is -0.178. The summed E-state index contributed by atoms with van der Waals surface area (Å²) >= 11 is 0. The summed E-state index contributed by atoms with van der Waals surface area (Å²) in [4.78, 5) is 14.6. The minimum atomic E-state index is -0.765. The highest BCUT2D eigenvalue weighted by molar-refractivity contribution is 5.70. The van der Waals surface area contributed by atoms with Gasteiger partial charge in [0.25, 0.3) is 0 Å². The van der Waals surface area contributed by atoms with Crippen LogP contribution in [0.1, 0.15) is 44.4 Å². The lowest BCUT2D eigenvalue weighted by Crippen LogP contribution is -2.48. The smallest absolute Gasteiger partial charge is 0.306 e. The Morgan fingerprint density at radius 2 is 1.52 bits per heavy atom. The third kappa shape index (κ3) is 3.93. The lowest BCUT2D eigenvalue weighted by atomic mass is 9.74. The highest BCUT2D eigenvalue weighted by atomic mass is 16.6. The molecule has 0 aromatic heterocycles. The van der Waals surface area contributed by atoms with Gasteiger partial charge in [-0.2, -0.15) is 0 Å².